The van der Waals surface area contributed by atoms with Crippen LogP contribution in [-0.2, 0) is 65.2 Å². The van der Waals surface area contributed by atoms with E-state index in [9.17, 15) is 58.2 Å². The number of aliphatic hydroxyl groups excluding tert-OH is 1. The highest BCUT2D eigenvalue weighted by molar-refractivity contribution is 8.08. The van der Waals surface area contributed by atoms with Gasteiger partial charge in [-0.3, -0.25) is 53.0 Å². The molecule has 7 heterocycles. The fourth-order valence-corrected chi connectivity index (χ4v) is 16.8. The van der Waals surface area contributed by atoms with Gasteiger partial charge in [-0.2, -0.15) is 0 Å². The summed E-state index contributed by atoms with van der Waals surface area (Å²) in [7, 11) is 3.16. The molecule has 5 aliphatic rings. The van der Waals surface area contributed by atoms with Gasteiger partial charge < -0.3 is 75.5 Å². The van der Waals surface area contributed by atoms with Crippen molar-refractivity contribution in [1.29, 1.82) is 0 Å². The number of amides is 9. The number of nitrogens with two attached hydrogens (primary N) is 1. The Morgan fingerprint density at radius 3 is 2.05 bits per heavy atom. The minimum absolute atomic E-state index is 0.00802. The Kier molecular flexibility index (Phi) is 26.8. The maximum absolute atomic E-state index is 14.2. The molecule has 3 aromatic heterocycles. The Morgan fingerprint density at radius 2 is 1.41 bits per heavy atom. The molecule has 5 aromatic carbocycles. The Morgan fingerprint density at radius 1 is 0.741 bits per heavy atom. The van der Waals surface area contributed by atoms with Crippen LogP contribution < -0.4 is 47.1 Å². The zero-order valence-electron chi connectivity index (χ0n) is 64.5. The number of carbonyl (C=O) groups is 9. The third kappa shape index (κ3) is 19.6. The Bertz CT molecular complexity index is 5090. The SMILES string of the molecule is COc1ccc(C#CCNC2(C)CCN(C3CCN(c4nc([C@@](CO)(OC5CC5)c5ccccc5)c5cc(-c6cn(C)c(=O)c7[nH]ccc67)ccc5n4)CC3)CC2)cc1N1CCC(=O)N(CNC(=O)[C@H](CC(=O)O)NC(=O)[C@H](CC(N)=O)NC(=O)CCOCCOCCN2C(=O)C(Sc3ccccc3)=C(Sc3ccccc3)C2=O)C1=O. The molecule has 30 nitrogen and oxygen atoms in total. The number of carbonyl (C=O) groups excluding carboxylic acids is 8. The number of pyridine rings is 1. The van der Waals surface area contributed by atoms with E-state index in [0.29, 0.717) is 62.1 Å². The molecule has 3 atom stereocenters. The Hall–Kier alpha value is -11.3. The molecule has 0 unspecified atom stereocenters. The molecule has 0 spiro atoms. The summed E-state index contributed by atoms with van der Waals surface area (Å²) in [4.78, 5) is 157. The topological polar surface area (TPSA) is 385 Å². The number of aryl methyl sites for hydroxylation is 1. The number of methoxy groups -OCH3 is 1. The lowest BCUT2D eigenvalue weighted by molar-refractivity contribution is -0.142. The van der Waals surface area contributed by atoms with Crippen LogP contribution in [-0.4, -0.2) is 220 Å². The number of hydrogen-bond acceptors (Lipinski definition) is 22. The number of primary amides is 1. The van der Waals surface area contributed by atoms with Crippen molar-refractivity contribution in [3.8, 4) is 28.7 Å². The summed E-state index contributed by atoms with van der Waals surface area (Å²) in [6.45, 7) is 4.39. The molecule has 4 aliphatic heterocycles. The minimum Gasteiger partial charge on any atom is -0.495 e. The van der Waals surface area contributed by atoms with Crippen molar-refractivity contribution in [2.45, 2.75) is 116 Å². The molecular weight excluding hydrogens is 1530 g/mol. The molecule has 4 fully saturated rings. The second kappa shape index (κ2) is 37.5. The lowest BCUT2D eigenvalue weighted by atomic mass is 9.87. The number of fused-ring (bicyclic) bond motifs is 2. The lowest BCUT2D eigenvalue weighted by Gasteiger charge is -2.45. The molecule has 1 saturated carbocycles. The number of aromatic nitrogens is 4. The Balaban J connectivity index is 0.565. The largest absolute Gasteiger partial charge is 0.495 e. The molecule has 13 rings (SSSR count). The summed E-state index contributed by atoms with van der Waals surface area (Å²) in [5, 5.41) is 33.7. The van der Waals surface area contributed by atoms with Crippen LogP contribution >= 0.6 is 23.5 Å². The predicted octanol–water partition coefficient (Wildman–Crippen LogP) is 6.51. The van der Waals surface area contributed by atoms with Crippen molar-refractivity contribution < 1.29 is 72.3 Å². The highest BCUT2D eigenvalue weighted by Crippen LogP contribution is 2.45. The fourth-order valence-electron chi connectivity index (χ4n) is 14.7. The molecule has 1 aliphatic carbocycles. The number of H-pyrrole nitrogens is 1. The molecule has 9 N–H and O–H groups in total. The molecular formula is C84H92N14O16S2. The predicted molar refractivity (Wildman–Crippen MR) is 435 cm³/mol. The van der Waals surface area contributed by atoms with Crippen LogP contribution in [0.3, 0.4) is 0 Å². The summed E-state index contributed by atoms with van der Waals surface area (Å²) in [5.74, 6) is 0.199. The maximum Gasteiger partial charge on any atom is 0.332 e. The number of rotatable bonds is 35. The highest BCUT2D eigenvalue weighted by atomic mass is 32.2. The van der Waals surface area contributed by atoms with Gasteiger partial charge >= 0.3 is 12.0 Å². The second-order valence-electron chi connectivity index (χ2n) is 29.2. The van der Waals surface area contributed by atoms with Crippen molar-refractivity contribution in [2.24, 2.45) is 12.8 Å². The van der Waals surface area contributed by atoms with Crippen LogP contribution in [0.5, 0.6) is 5.75 Å². The molecule has 32 heteroatoms. The summed E-state index contributed by atoms with van der Waals surface area (Å²) in [5.41, 5.74) is 8.98. The van der Waals surface area contributed by atoms with E-state index in [2.05, 4.69) is 60.9 Å². The van der Waals surface area contributed by atoms with Crippen molar-refractivity contribution in [2.75, 3.05) is 102 Å². The van der Waals surface area contributed by atoms with Gasteiger partial charge in [-0.15, -0.1) is 0 Å². The van der Waals surface area contributed by atoms with E-state index in [1.54, 1.807) is 36.0 Å². The molecule has 116 heavy (non-hydrogen) atoms. The van der Waals surface area contributed by atoms with Gasteiger partial charge in [-0.05, 0) is 117 Å². The summed E-state index contributed by atoms with van der Waals surface area (Å²) in [6.07, 6.45) is 6.63. The number of hydrogen-bond donors (Lipinski definition) is 8. The van der Waals surface area contributed by atoms with Crippen LogP contribution in [0.15, 0.2) is 170 Å². The van der Waals surface area contributed by atoms with E-state index < -0.39 is 90.5 Å². The first-order valence-corrected chi connectivity index (χ1v) is 40.2. The van der Waals surface area contributed by atoms with Crippen LogP contribution in [0.2, 0.25) is 0 Å². The van der Waals surface area contributed by atoms with Gasteiger partial charge in [-0.25, -0.2) is 19.7 Å². The number of nitrogens with zero attached hydrogens (tertiary/aromatic N) is 8. The highest BCUT2D eigenvalue weighted by Gasteiger charge is 2.45. The summed E-state index contributed by atoms with van der Waals surface area (Å²) in [6, 6.07) is 37.3. The number of imide groups is 2. The number of aliphatic hydroxyl groups is 1. The van der Waals surface area contributed by atoms with E-state index in [4.69, 9.17) is 34.6 Å². The molecule has 606 valence electrons. The first kappa shape index (κ1) is 82.7. The van der Waals surface area contributed by atoms with Gasteiger partial charge in [-0.1, -0.05) is 108 Å². The van der Waals surface area contributed by atoms with Gasteiger partial charge in [0, 0.05) is 108 Å². The van der Waals surface area contributed by atoms with Crippen molar-refractivity contribution in [3.05, 3.63) is 183 Å². The molecule has 8 aromatic rings. The number of carboxylic acid groups (broad SMARTS) is 1. The van der Waals surface area contributed by atoms with Crippen molar-refractivity contribution in [1.82, 2.24) is 55.5 Å². The van der Waals surface area contributed by atoms with E-state index in [-0.39, 0.29) is 76.2 Å². The number of urea groups is 1. The zero-order chi connectivity index (χ0) is 81.6. The third-order valence-corrected chi connectivity index (χ3v) is 23.5. The third-order valence-electron chi connectivity index (χ3n) is 21.2. The number of benzene rings is 5. The van der Waals surface area contributed by atoms with Gasteiger partial charge in [0.05, 0.1) is 98.9 Å². The number of piperidine rings is 2. The van der Waals surface area contributed by atoms with E-state index in [1.807, 2.05) is 115 Å². The number of aliphatic carboxylic acids is 1. The van der Waals surface area contributed by atoms with Crippen LogP contribution in [0.4, 0.5) is 16.4 Å². The second-order valence-corrected chi connectivity index (χ2v) is 31.4. The molecule has 0 bridgehead atoms. The molecule has 9 amide bonds. The number of carboxylic acids is 1. The molecule has 0 radical (unpaired) electrons. The molecule has 3 saturated heterocycles. The normalized spacial score (nSPS) is 17.1. The van der Waals surface area contributed by atoms with E-state index in [0.717, 1.165) is 112 Å². The summed E-state index contributed by atoms with van der Waals surface area (Å²) >= 11 is 2.42. The number of ether oxygens (including phenoxy) is 4. The minimum atomic E-state index is -1.83. The zero-order valence-corrected chi connectivity index (χ0v) is 66.1. The quantitative estimate of drug-likeness (QED) is 0.0119. The standard InChI is InChI=1S/C84H92N14O16S2/c1-83(32-39-94(40-33-83)56-28-36-95(37-29-56)81-91-63-25-22-54(62-50-93(2)78(107)72-60(62)27-35-86-72)47-61(63)75(92-81)84(51-99,114-57-23-24-57)55-15-7-4-8-16-55)88-34-13-14-53-21-26-67(111-3)66(46-53)96-38-30-70(102)98(82(96)110)52-87-76(105)65(49-71(103)104)90-77(106)64(48-68(85)100)89-69(101)31-42-112-44-45-113-43-41-97-79(108)73(115-58-17-9-5-10-18-58)74(80(97)109)116-59-19-11-6-12-20-59/h4-12,15-22,25-27,35,46-47,50,56-57,64-65,86,88,99H,23-24,28-34,36-45,48-49,51-52H2,1-3H3,(H2,85,100)(H,87,105)(H,89,101)(H,90,106)(H,103,104)/t64-,65-,84-/m0/s1. The summed E-state index contributed by atoms with van der Waals surface area (Å²) < 4.78 is 25.4. The van der Waals surface area contributed by atoms with E-state index in [1.165, 1.54) is 35.5 Å². The lowest BCUT2D eigenvalue weighted by Crippen LogP contribution is -2.59. The van der Waals surface area contributed by atoms with Gasteiger partial charge in [0.15, 0.2) is 5.60 Å². The fraction of sp³-hybridized carbons (Fsp3) is 0.381. The van der Waals surface area contributed by atoms with Crippen LogP contribution in [0.25, 0.3) is 32.9 Å². The van der Waals surface area contributed by atoms with Gasteiger partial charge in [0.25, 0.3) is 17.4 Å². The number of aromatic amines is 1. The van der Waals surface area contributed by atoms with E-state index >= 15 is 0 Å². The average Bonchev–Trinajstić information content (AvgIpc) is 1.13. The van der Waals surface area contributed by atoms with Crippen molar-refractivity contribution >= 4 is 110 Å². The smallest absolute Gasteiger partial charge is 0.332 e. The first-order chi connectivity index (χ1) is 56.1. The van der Waals surface area contributed by atoms with Crippen molar-refractivity contribution in [3.63, 3.8) is 0 Å². The monoisotopic (exact) mass is 1620 g/mol. The maximum atomic E-state index is 14.2. The number of anilines is 2. The van der Waals surface area contributed by atoms with Gasteiger partial charge in [0.2, 0.25) is 35.5 Å². The van der Waals surface area contributed by atoms with Gasteiger partial charge in [0.1, 0.15) is 30.0 Å². The first-order valence-electron chi connectivity index (χ1n) is 38.6. The number of nitrogens with one attached hydrogen (secondary N) is 5. The average molecular weight is 1620 g/mol. The Labute approximate surface area is 677 Å². The van der Waals surface area contributed by atoms with Crippen LogP contribution in [0.1, 0.15) is 88.0 Å². The van der Waals surface area contributed by atoms with Crippen LogP contribution in [0, 0.1) is 11.8 Å². The number of likely N-dealkylation sites (tertiary alicyclic amines) is 1. The number of thioether (sulfide) groups is 2.